The molecule has 1 fully saturated rings. The molecule has 2 aliphatic carbocycles. The average Bonchev–Trinajstić information content (AvgIpc) is 2.86. The van der Waals surface area contributed by atoms with Gasteiger partial charge in [0.05, 0.1) is 0 Å². The number of phenols is 1. The van der Waals surface area contributed by atoms with Gasteiger partial charge in [0.1, 0.15) is 17.6 Å². The summed E-state index contributed by atoms with van der Waals surface area (Å²) in [6, 6.07) is 16.0. The topological polar surface area (TPSA) is 29.5 Å². The molecule has 5 atom stereocenters. The van der Waals surface area contributed by atoms with Crippen LogP contribution in [0.5, 0.6) is 11.5 Å². The fourth-order valence-corrected chi connectivity index (χ4v) is 5.49. The molecular formula is C23H29O2P. The summed E-state index contributed by atoms with van der Waals surface area (Å²) in [4.78, 5) is 0. The highest BCUT2D eigenvalue weighted by Crippen LogP contribution is 2.46. The van der Waals surface area contributed by atoms with E-state index in [9.17, 15) is 5.11 Å². The summed E-state index contributed by atoms with van der Waals surface area (Å²) in [6.07, 6.45) is 9.07. The second kappa shape index (κ2) is 8.01. The van der Waals surface area contributed by atoms with Crippen molar-refractivity contribution in [1.82, 2.24) is 0 Å². The van der Waals surface area contributed by atoms with Gasteiger partial charge in [0, 0.05) is 12.0 Å². The molecule has 2 aromatic carbocycles. The molecule has 0 radical (unpaired) electrons. The van der Waals surface area contributed by atoms with Crippen molar-refractivity contribution in [2.45, 2.75) is 56.7 Å². The first-order valence-corrected chi connectivity index (χ1v) is 10.7. The van der Waals surface area contributed by atoms with Gasteiger partial charge in [-0.25, -0.2) is 0 Å². The van der Waals surface area contributed by atoms with Crippen LogP contribution in [0.25, 0.3) is 0 Å². The molecule has 138 valence electrons. The van der Waals surface area contributed by atoms with Gasteiger partial charge in [-0.1, -0.05) is 49.6 Å². The van der Waals surface area contributed by atoms with E-state index in [1.165, 1.54) is 49.7 Å². The minimum absolute atomic E-state index is 0.0852. The Bertz CT molecular complexity index is 744. The van der Waals surface area contributed by atoms with Gasteiger partial charge < -0.3 is 9.84 Å². The van der Waals surface area contributed by atoms with Gasteiger partial charge in [0.25, 0.3) is 0 Å². The zero-order valence-electron chi connectivity index (χ0n) is 15.3. The van der Waals surface area contributed by atoms with E-state index in [2.05, 4.69) is 33.5 Å². The first-order chi connectivity index (χ1) is 12.7. The Labute approximate surface area is 159 Å². The molecule has 5 unspecified atom stereocenters. The molecule has 26 heavy (non-hydrogen) atoms. The molecule has 0 aromatic heterocycles. The molecule has 0 aliphatic heterocycles. The average molecular weight is 368 g/mol. The maximum Gasteiger partial charge on any atom is 0.127 e. The van der Waals surface area contributed by atoms with Crippen LogP contribution in [0.1, 0.15) is 55.8 Å². The van der Waals surface area contributed by atoms with Gasteiger partial charge in [0.2, 0.25) is 0 Å². The summed E-state index contributed by atoms with van der Waals surface area (Å²) in [5.74, 6) is 2.31. The number of benzene rings is 2. The van der Waals surface area contributed by atoms with Crippen molar-refractivity contribution >= 4 is 9.24 Å². The van der Waals surface area contributed by atoms with Crippen molar-refractivity contribution in [1.29, 1.82) is 0 Å². The highest BCUT2D eigenvalue weighted by molar-refractivity contribution is 7.17. The summed E-state index contributed by atoms with van der Waals surface area (Å²) in [6.45, 7) is 0. The maximum absolute atomic E-state index is 9.84. The third-order valence-electron chi connectivity index (χ3n) is 6.19. The Morgan fingerprint density at radius 1 is 0.962 bits per heavy atom. The Kier molecular flexibility index (Phi) is 5.50. The van der Waals surface area contributed by atoms with Crippen LogP contribution >= 0.6 is 9.24 Å². The zero-order chi connectivity index (χ0) is 17.9. The third kappa shape index (κ3) is 3.91. The molecule has 0 saturated heterocycles. The first-order valence-electron chi connectivity index (χ1n) is 10.00. The van der Waals surface area contributed by atoms with Gasteiger partial charge in [-0.05, 0) is 60.5 Å². The summed E-state index contributed by atoms with van der Waals surface area (Å²) in [5, 5.41) is 9.84. The number of rotatable bonds is 3. The Hall–Kier alpha value is -1.53. The lowest BCUT2D eigenvalue weighted by Gasteiger charge is -2.39. The van der Waals surface area contributed by atoms with Gasteiger partial charge in [-0.2, -0.15) is 0 Å². The monoisotopic (exact) mass is 368 g/mol. The molecule has 4 rings (SSSR count). The van der Waals surface area contributed by atoms with Crippen molar-refractivity contribution in [2.24, 2.45) is 11.8 Å². The Morgan fingerprint density at radius 2 is 1.81 bits per heavy atom. The molecule has 1 saturated carbocycles. The smallest absolute Gasteiger partial charge is 0.127 e. The van der Waals surface area contributed by atoms with E-state index >= 15 is 0 Å². The van der Waals surface area contributed by atoms with Crippen LogP contribution in [0, 0.1) is 11.8 Å². The minimum Gasteiger partial charge on any atom is -0.508 e. The van der Waals surface area contributed by atoms with Crippen molar-refractivity contribution in [3.8, 4) is 11.5 Å². The van der Waals surface area contributed by atoms with E-state index < -0.39 is 0 Å². The third-order valence-corrected chi connectivity index (χ3v) is 6.79. The normalized spacial score (nSPS) is 28.8. The van der Waals surface area contributed by atoms with Crippen LogP contribution < -0.4 is 4.74 Å². The number of aryl methyl sites for hydroxylation is 1. The van der Waals surface area contributed by atoms with Crippen LogP contribution in [0.2, 0.25) is 0 Å². The van der Waals surface area contributed by atoms with E-state index in [1.807, 2.05) is 12.1 Å². The van der Waals surface area contributed by atoms with Gasteiger partial charge >= 0.3 is 0 Å². The summed E-state index contributed by atoms with van der Waals surface area (Å²) < 4.78 is 6.54. The Balaban J connectivity index is 1.65. The van der Waals surface area contributed by atoms with Crippen molar-refractivity contribution < 1.29 is 9.84 Å². The highest BCUT2D eigenvalue weighted by atomic mass is 31.0. The predicted octanol–water partition coefficient (Wildman–Crippen LogP) is 5.90. The fraction of sp³-hybridized carbons (Fsp3) is 0.478. The lowest BCUT2D eigenvalue weighted by Crippen LogP contribution is -2.31. The molecular weight excluding hydrogens is 339 g/mol. The van der Waals surface area contributed by atoms with Crippen molar-refractivity contribution in [3.05, 3.63) is 59.7 Å². The number of aromatic hydroxyl groups is 1. The van der Waals surface area contributed by atoms with Gasteiger partial charge in [-0.3, -0.25) is 0 Å². The lowest BCUT2D eigenvalue weighted by atomic mass is 9.72. The molecule has 0 bridgehead atoms. The molecule has 2 aromatic rings. The second-order valence-electron chi connectivity index (χ2n) is 7.98. The molecule has 0 amide bonds. The molecule has 2 aliphatic rings. The van der Waals surface area contributed by atoms with E-state index in [0.717, 1.165) is 23.7 Å². The van der Waals surface area contributed by atoms with Gasteiger partial charge in [-0.15, -0.1) is 9.24 Å². The quantitative estimate of drug-likeness (QED) is 0.540. The highest BCUT2D eigenvalue weighted by Gasteiger charge is 2.37. The van der Waals surface area contributed by atoms with Gasteiger partial charge in [0.15, 0.2) is 0 Å². The lowest BCUT2D eigenvalue weighted by molar-refractivity contribution is 0.0726. The largest absolute Gasteiger partial charge is 0.508 e. The number of fused-ring (bicyclic) bond motifs is 1. The standard InChI is InChI=1S/C23H29O2P/c24-18-8-5-9-19(15-18)25-23-21-11-4-2-6-16(21)12-13-22(23)17-7-1-3-10-20(26)14-17/h2,4-6,8-9,11,15,17,20,22-24H,1,3,7,10,12-14,26H2. The number of ether oxygens (including phenoxy) is 1. The molecule has 0 heterocycles. The molecule has 0 spiro atoms. The van der Waals surface area contributed by atoms with E-state index in [0.29, 0.717) is 5.92 Å². The van der Waals surface area contributed by atoms with Crippen molar-refractivity contribution in [3.63, 3.8) is 0 Å². The maximum atomic E-state index is 9.84. The van der Waals surface area contributed by atoms with Crippen LogP contribution in [-0.2, 0) is 6.42 Å². The van der Waals surface area contributed by atoms with E-state index in [1.54, 1.807) is 12.1 Å². The first kappa shape index (κ1) is 17.9. The second-order valence-corrected chi connectivity index (χ2v) is 8.92. The van der Waals surface area contributed by atoms with Crippen LogP contribution in [-0.4, -0.2) is 10.8 Å². The van der Waals surface area contributed by atoms with E-state index in [-0.39, 0.29) is 11.9 Å². The number of phenolic OH excluding ortho intramolecular Hbond substituents is 1. The Morgan fingerprint density at radius 3 is 2.69 bits per heavy atom. The van der Waals surface area contributed by atoms with Crippen LogP contribution in [0.4, 0.5) is 0 Å². The van der Waals surface area contributed by atoms with E-state index in [4.69, 9.17) is 4.74 Å². The predicted molar refractivity (Wildman–Crippen MR) is 110 cm³/mol. The summed E-state index contributed by atoms with van der Waals surface area (Å²) in [5.41, 5.74) is 3.50. The van der Waals surface area contributed by atoms with Crippen molar-refractivity contribution in [2.75, 3.05) is 0 Å². The zero-order valence-corrected chi connectivity index (χ0v) is 16.5. The SMILES string of the molecule is Oc1cccc(OC2c3ccccc3CCC2C2CCCCC(P)C2)c1. The van der Waals surface area contributed by atoms with Crippen LogP contribution in [0.15, 0.2) is 48.5 Å². The number of hydrogen-bond acceptors (Lipinski definition) is 2. The molecule has 3 heteroatoms. The molecule has 2 nitrogen and oxygen atoms in total. The summed E-state index contributed by atoms with van der Waals surface area (Å²) in [7, 11) is 3.08. The minimum atomic E-state index is 0.0852. The summed E-state index contributed by atoms with van der Waals surface area (Å²) >= 11 is 0. The van der Waals surface area contributed by atoms with Crippen LogP contribution in [0.3, 0.4) is 0 Å². The molecule has 1 N–H and O–H groups in total. The fourth-order valence-electron chi connectivity index (χ4n) is 4.91. The number of hydrogen-bond donors (Lipinski definition) is 1.